The summed E-state index contributed by atoms with van der Waals surface area (Å²) in [6.45, 7) is 4.04. The molecule has 0 aromatic heterocycles. The van der Waals surface area contributed by atoms with E-state index in [4.69, 9.17) is 8.74 Å². The lowest BCUT2D eigenvalue weighted by atomic mass is 10.1. The molecule has 3 heteroatoms. The van der Waals surface area contributed by atoms with Crippen LogP contribution >= 0.6 is 12.3 Å². The molecular formula is C8H10O2S. The Labute approximate surface area is 70.6 Å². The molecule has 0 spiro atoms. The average Bonchev–Trinajstić information content (AvgIpc) is 1.98. The van der Waals surface area contributed by atoms with Crippen molar-refractivity contribution in [1.29, 1.82) is 0 Å². The highest BCUT2D eigenvalue weighted by Crippen LogP contribution is 2.18. The van der Waals surface area contributed by atoms with E-state index in [1.54, 1.807) is 0 Å². The van der Waals surface area contributed by atoms with E-state index in [0.29, 0.717) is 18.1 Å². The Hall–Kier alpha value is -0.670. The topological polar surface area (TPSA) is 29.5 Å². The third-order valence-electron chi connectivity index (χ3n) is 1.61. The first kappa shape index (κ1) is 8.43. The Kier molecular flexibility index (Phi) is 2.79. The summed E-state index contributed by atoms with van der Waals surface area (Å²) in [5.41, 5.74) is 2.39. The highest BCUT2D eigenvalue weighted by Gasteiger charge is 1.96. The van der Waals surface area contributed by atoms with E-state index in [1.807, 2.05) is 32.0 Å². The number of benzene rings is 1. The van der Waals surface area contributed by atoms with Crippen LogP contribution < -0.4 is 4.18 Å². The van der Waals surface area contributed by atoms with E-state index in [1.165, 1.54) is 5.56 Å². The zero-order valence-corrected chi connectivity index (χ0v) is 7.31. The summed E-state index contributed by atoms with van der Waals surface area (Å²) in [6.07, 6.45) is 0. The predicted molar refractivity (Wildman–Crippen MR) is 46.8 cm³/mol. The lowest BCUT2D eigenvalue weighted by molar-refractivity contribution is 0.540. The second-order valence-electron chi connectivity index (χ2n) is 2.40. The van der Waals surface area contributed by atoms with Crippen LogP contribution in [-0.2, 0) is 0 Å². The van der Waals surface area contributed by atoms with Crippen LogP contribution in [0.15, 0.2) is 18.2 Å². The van der Waals surface area contributed by atoms with Crippen LogP contribution in [0.1, 0.15) is 11.1 Å². The molecule has 0 saturated heterocycles. The molecule has 0 aliphatic carbocycles. The maximum atomic E-state index is 8.37. The van der Waals surface area contributed by atoms with E-state index in [0.717, 1.165) is 5.56 Å². The Morgan fingerprint density at radius 2 is 2.00 bits per heavy atom. The van der Waals surface area contributed by atoms with Gasteiger partial charge in [0.1, 0.15) is 5.75 Å². The Bertz CT molecular complexity index is 248. The van der Waals surface area contributed by atoms with Crippen molar-refractivity contribution >= 4 is 12.3 Å². The van der Waals surface area contributed by atoms with Gasteiger partial charge in [0.25, 0.3) is 0 Å². The molecule has 0 amide bonds. The summed E-state index contributed by atoms with van der Waals surface area (Å²) in [7, 11) is 0. The fourth-order valence-electron chi connectivity index (χ4n) is 0.809. The molecule has 0 saturated carbocycles. The molecule has 60 valence electrons. The monoisotopic (exact) mass is 170 g/mol. The summed E-state index contributed by atoms with van der Waals surface area (Å²) in [5, 5.41) is 0. The molecule has 1 N–H and O–H groups in total. The van der Waals surface area contributed by atoms with Gasteiger partial charge >= 0.3 is 0 Å². The second-order valence-corrected chi connectivity index (χ2v) is 2.72. The fourth-order valence-corrected chi connectivity index (χ4v) is 0.999. The third kappa shape index (κ3) is 2.13. The molecule has 0 aliphatic rings. The fraction of sp³-hybridized carbons (Fsp3) is 0.250. The molecule has 0 bridgehead atoms. The van der Waals surface area contributed by atoms with Crippen LogP contribution in [0.25, 0.3) is 0 Å². The molecular weight excluding hydrogens is 160 g/mol. The number of aryl methyl sites for hydroxylation is 2. The van der Waals surface area contributed by atoms with Gasteiger partial charge in [-0.3, -0.25) is 4.55 Å². The van der Waals surface area contributed by atoms with Crippen molar-refractivity contribution in [2.75, 3.05) is 0 Å². The predicted octanol–water partition coefficient (Wildman–Crippen LogP) is 2.80. The standard InChI is InChI=1S/C8H10O2S/c1-6-3-4-8(10-11-9)5-7(6)2/h3-5,9H,1-2H3. The van der Waals surface area contributed by atoms with E-state index >= 15 is 0 Å². The molecule has 11 heavy (non-hydrogen) atoms. The first-order chi connectivity index (χ1) is 5.24. The summed E-state index contributed by atoms with van der Waals surface area (Å²) in [4.78, 5) is 0. The summed E-state index contributed by atoms with van der Waals surface area (Å²) in [6, 6.07) is 5.67. The minimum absolute atomic E-state index is 0.369. The Morgan fingerprint density at radius 1 is 1.27 bits per heavy atom. The molecule has 0 radical (unpaired) electrons. The molecule has 1 aromatic carbocycles. The highest BCUT2D eigenvalue weighted by atomic mass is 32.2. The van der Waals surface area contributed by atoms with Crippen molar-refractivity contribution in [3.8, 4) is 5.75 Å². The molecule has 0 atom stereocenters. The molecule has 1 aromatic rings. The third-order valence-corrected chi connectivity index (χ3v) is 1.88. The van der Waals surface area contributed by atoms with Crippen LogP contribution in [-0.4, -0.2) is 4.55 Å². The number of rotatable bonds is 2. The smallest absolute Gasteiger partial charge is 0.222 e. The number of hydrogen-bond donors (Lipinski definition) is 1. The van der Waals surface area contributed by atoms with Crippen molar-refractivity contribution in [2.24, 2.45) is 0 Å². The van der Waals surface area contributed by atoms with Gasteiger partial charge in [-0.05, 0) is 37.1 Å². The maximum absolute atomic E-state index is 8.37. The lowest BCUT2D eigenvalue weighted by Gasteiger charge is -2.02. The van der Waals surface area contributed by atoms with Gasteiger partial charge in [-0.1, -0.05) is 6.07 Å². The minimum Gasteiger partial charge on any atom is -0.401 e. The summed E-state index contributed by atoms with van der Waals surface area (Å²) < 4.78 is 13.2. The van der Waals surface area contributed by atoms with Gasteiger partial charge in [0.15, 0.2) is 0 Å². The normalized spacial score (nSPS) is 9.73. The molecule has 0 heterocycles. The van der Waals surface area contributed by atoms with Crippen LogP contribution in [0.4, 0.5) is 0 Å². The van der Waals surface area contributed by atoms with Crippen molar-refractivity contribution in [2.45, 2.75) is 13.8 Å². The van der Waals surface area contributed by atoms with Gasteiger partial charge in [-0.2, -0.15) is 0 Å². The van der Waals surface area contributed by atoms with Gasteiger partial charge in [0.2, 0.25) is 12.3 Å². The summed E-state index contributed by atoms with van der Waals surface area (Å²) >= 11 is 0.369. The Balaban J connectivity index is 2.86. The van der Waals surface area contributed by atoms with Crippen LogP contribution in [0.3, 0.4) is 0 Å². The highest BCUT2D eigenvalue weighted by molar-refractivity contribution is 7.89. The lowest BCUT2D eigenvalue weighted by Crippen LogP contribution is -1.83. The largest absolute Gasteiger partial charge is 0.401 e. The summed E-state index contributed by atoms with van der Waals surface area (Å²) in [5.74, 6) is 0.681. The molecule has 1 rings (SSSR count). The van der Waals surface area contributed by atoms with Crippen LogP contribution in [0, 0.1) is 13.8 Å². The first-order valence-electron chi connectivity index (χ1n) is 3.29. The molecule has 0 aliphatic heterocycles. The van der Waals surface area contributed by atoms with Gasteiger partial charge < -0.3 is 4.18 Å². The molecule has 0 fully saturated rings. The van der Waals surface area contributed by atoms with Crippen molar-refractivity contribution < 1.29 is 8.74 Å². The average molecular weight is 170 g/mol. The van der Waals surface area contributed by atoms with E-state index in [2.05, 4.69) is 0 Å². The Morgan fingerprint density at radius 3 is 2.55 bits per heavy atom. The number of hydrogen-bond acceptors (Lipinski definition) is 3. The van der Waals surface area contributed by atoms with Crippen LogP contribution in [0.5, 0.6) is 5.75 Å². The van der Waals surface area contributed by atoms with Gasteiger partial charge in [-0.25, -0.2) is 0 Å². The van der Waals surface area contributed by atoms with Gasteiger partial charge in [0, 0.05) is 0 Å². The van der Waals surface area contributed by atoms with E-state index in [-0.39, 0.29) is 0 Å². The maximum Gasteiger partial charge on any atom is 0.222 e. The quantitative estimate of drug-likeness (QED) is 0.692. The van der Waals surface area contributed by atoms with Crippen LogP contribution in [0.2, 0.25) is 0 Å². The van der Waals surface area contributed by atoms with Crippen molar-refractivity contribution in [1.82, 2.24) is 0 Å². The molecule has 2 nitrogen and oxygen atoms in total. The van der Waals surface area contributed by atoms with E-state index in [9.17, 15) is 0 Å². The SMILES string of the molecule is Cc1ccc(OSO)cc1C. The zero-order valence-electron chi connectivity index (χ0n) is 6.50. The second kappa shape index (κ2) is 3.64. The minimum atomic E-state index is 0.369. The first-order valence-corrected chi connectivity index (χ1v) is 3.99. The van der Waals surface area contributed by atoms with Gasteiger partial charge in [-0.15, -0.1) is 0 Å². The van der Waals surface area contributed by atoms with Gasteiger partial charge in [0.05, 0.1) is 0 Å². The van der Waals surface area contributed by atoms with Crippen molar-refractivity contribution in [3.63, 3.8) is 0 Å². The zero-order chi connectivity index (χ0) is 8.27. The van der Waals surface area contributed by atoms with E-state index < -0.39 is 0 Å². The molecule has 0 unspecified atom stereocenters. The van der Waals surface area contributed by atoms with Crippen molar-refractivity contribution in [3.05, 3.63) is 29.3 Å².